The topological polar surface area (TPSA) is 80.7 Å². The van der Waals surface area contributed by atoms with E-state index in [-0.39, 0.29) is 6.10 Å². The van der Waals surface area contributed by atoms with Crippen LogP contribution in [0.4, 0.5) is 0 Å². The molecule has 0 spiro atoms. The molecule has 0 radical (unpaired) electrons. The third kappa shape index (κ3) is 3.35. The van der Waals surface area contributed by atoms with Crippen LogP contribution in [-0.2, 0) is 0 Å². The number of ether oxygens (including phenoxy) is 1. The Morgan fingerprint density at radius 1 is 1.07 bits per heavy atom. The van der Waals surface area contributed by atoms with E-state index in [1.807, 2.05) is 12.4 Å². The van der Waals surface area contributed by atoms with Crippen molar-refractivity contribution in [2.24, 2.45) is 0 Å². The quantitative estimate of drug-likeness (QED) is 0.530. The van der Waals surface area contributed by atoms with Crippen LogP contribution in [0.15, 0.2) is 49.2 Å². The number of nitrogens with zero attached hydrogens (tertiary/aromatic N) is 4. The van der Waals surface area contributed by atoms with Crippen molar-refractivity contribution >= 4 is 10.9 Å². The molecule has 2 aliphatic rings. The SMILES string of the molecule is c1cc2[nH]cc(-c3cncc(OC4CCCNC4)n3)c2cc1-c1cnn(C2CC2)c1. The van der Waals surface area contributed by atoms with Crippen LogP contribution in [0.5, 0.6) is 5.88 Å². The molecule has 4 aromatic rings. The number of fused-ring (bicyclic) bond motifs is 1. The predicted octanol–water partition coefficient (Wildman–Crippen LogP) is 3.95. The Hall–Kier alpha value is -3.19. The molecule has 2 N–H and O–H groups in total. The molecule has 1 atom stereocenters. The van der Waals surface area contributed by atoms with Crippen LogP contribution < -0.4 is 10.1 Å². The highest BCUT2D eigenvalue weighted by Gasteiger charge is 2.24. The number of aromatic nitrogens is 5. The molecule has 152 valence electrons. The summed E-state index contributed by atoms with van der Waals surface area (Å²) in [6, 6.07) is 7.04. The highest BCUT2D eigenvalue weighted by atomic mass is 16.5. The van der Waals surface area contributed by atoms with Crippen LogP contribution in [0.25, 0.3) is 33.3 Å². The molecular weight excluding hydrogens is 376 g/mol. The van der Waals surface area contributed by atoms with Gasteiger partial charge in [-0.2, -0.15) is 5.10 Å². The molecule has 30 heavy (non-hydrogen) atoms. The van der Waals surface area contributed by atoms with Gasteiger partial charge in [-0.05, 0) is 49.9 Å². The number of hydrogen-bond acceptors (Lipinski definition) is 5. The van der Waals surface area contributed by atoms with E-state index in [0.717, 1.165) is 59.2 Å². The largest absolute Gasteiger partial charge is 0.472 e. The zero-order chi connectivity index (χ0) is 19.9. The maximum atomic E-state index is 6.07. The van der Waals surface area contributed by atoms with Gasteiger partial charge < -0.3 is 15.0 Å². The van der Waals surface area contributed by atoms with Crippen LogP contribution in [0.2, 0.25) is 0 Å². The lowest BCUT2D eigenvalue weighted by Crippen LogP contribution is -2.37. The second-order valence-electron chi connectivity index (χ2n) is 8.23. The van der Waals surface area contributed by atoms with Gasteiger partial charge in [0.15, 0.2) is 0 Å². The van der Waals surface area contributed by atoms with Crippen LogP contribution in [0.1, 0.15) is 31.7 Å². The molecule has 7 heteroatoms. The van der Waals surface area contributed by atoms with Gasteiger partial charge in [-0.1, -0.05) is 6.07 Å². The summed E-state index contributed by atoms with van der Waals surface area (Å²) in [6.45, 7) is 1.92. The summed E-state index contributed by atoms with van der Waals surface area (Å²) in [5, 5.41) is 9.03. The number of H-pyrrole nitrogens is 1. The molecule has 4 heterocycles. The van der Waals surface area contributed by atoms with Crippen LogP contribution in [0.3, 0.4) is 0 Å². The average molecular weight is 400 g/mol. The molecule has 0 bridgehead atoms. The number of nitrogens with one attached hydrogen (secondary N) is 2. The van der Waals surface area contributed by atoms with Crippen LogP contribution in [0, 0.1) is 0 Å². The Kier molecular flexibility index (Phi) is 4.27. The molecule has 1 saturated heterocycles. The number of piperidine rings is 1. The minimum Gasteiger partial charge on any atom is -0.472 e. The summed E-state index contributed by atoms with van der Waals surface area (Å²) < 4.78 is 8.16. The van der Waals surface area contributed by atoms with Crippen molar-refractivity contribution in [1.82, 2.24) is 30.0 Å². The van der Waals surface area contributed by atoms with Crippen molar-refractivity contribution in [3.05, 3.63) is 49.2 Å². The summed E-state index contributed by atoms with van der Waals surface area (Å²) >= 11 is 0. The van der Waals surface area contributed by atoms with Gasteiger partial charge in [0.05, 0.1) is 30.3 Å². The molecule has 2 fully saturated rings. The lowest BCUT2D eigenvalue weighted by Gasteiger charge is -2.23. The number of rotatable bonds is 5. The minimum absolute atomic E-state index is 0.154. The number of hydrogen-bond donors (Lipinski definition) is 2. The van der Waals surface area contributed by atoms with Gasteiger partial charge in [0, 0.05) is 41.0 Å². The summed E-state index contributed by atoms with van der Waals surface area (Å²) in [5.74, 6) is 0.581. The molecule has 1 aliphatic carbocycles. The second kappa shape index (κ2) is 7.25. The van der Waals surface area contributed by atoms with E-state index in [1.165, 1.54) is 12.8 Å². The Labute approximate surface area is 174 Å². The molecule has 0 amide bonds. The van der Waals surface area contributed by atoms with E-state index in [0.29, 0.717) is 11.9 Å². The fourth-order valence-electron chi connectivity index (χ4n) is 4.16. The zero-order valence-electron chi connectivity index (χ0n) is 16.7. The molecule has 1 aromatic carbocycles. The number of aromatic amines is 1. The third-order valence-electron chi connectivity index (χ3n) is 5.97. The van der Waals surface area contributed by atoms with Gasteiger partial charge >= 0.3 is 0 Å². The lowest BCUT2D eigenvalue weighted by molar-refractivity contribution is 0.160. The Morgan fingerprint density at radius 2 is 2.03 bits per heavy atom. The van der Waals surface area contributed by atoms with Crippen molar-refractivity contribution in [3.8, 4) is 28.3 Å². The van der Waals surface area contributed by atoms with Crippen LogP contribution in [-0.4, -0.2) is 43.9 Å². The normalized spacial score (nSPS) is 19.3. The molecule has 7 nitrogen and oxygen atoms in total. The summed E-state index contributed by atoms with van der Waals surface area (Å²) in [4.78, 5) is 12.5. The average Bonchev–Trinajstić information content (AvgIpc) is 3.36. The second-order valence-corrected chi connectivity index (χ2v) is 8.23. The maximum Gasteiger partial charge on any atom is 0.233 e. The first-order valence-corrected chi connectivity index (χ1v) is 10.7. The van der Waals surface area contributed by atoms with Crippen molar-refractivity contribution < 1.29 is 4.74 Å². The lowest BCUT2D eigenvalue weighted by atomic mass is 10.0. The van der Waals surface area contributed by atoms with E-state index in [4.69, 9.17) is 9.72 Å². The highest BCUT2D eigenvalue weighted by molar-refractivity contribution is 5.97. The Morgan fingerprint density at radius 3 is 2.90 bits per heavy atom. The fourth-order valence-corrected chi connectivity index (χ4v) is 4.16. The van der Waals surface area contributed by atoms with Crippen molar-refractivity contribution in [2.45, 2.75) is 37.8 Å². The van der Waals surface area contributed by atoms with Crippen molar-refractivity contribution in [2.75, 3.05) is 13.1 Å². The number of benzene rings is 1. The Bertz CT molecular complexity index is 1190. The van der Waals surface area contributed by atoms with Gasteiger partial charge in [-0.15, -0.1) is 0 Å². The van der Waals surface area contributed by atoms with E-state index in [9.17, 15) is 0 Å². The van der Waals surface area contributed by atoms with Crippen molar-refractivity contribution in [1.29, 1.82) is 0 Å². The first-order chi connectivity index (χ1) is 14.8. The monoisotopic (exact) mass is 400 g/mol. The predicted molar refractivity (Wildman–Crippen MR) is 115 cm³/mol. The molecule has 1 aliphatic heterocycles. The third-order valence-corrected chi connectivity index (χ3v) is 5.97. The molecular formula is C23H24N6O. The van der Waals surface area contributed by atoms with Crippen LogP contribution >= 0.6 is 0 Å². The van der Waals surface area contributed by atoms with Gasteiger partial charge in [0.1, 0.15) is 6.10 Å². The molecule has 1 unspecified atom stereocenters. The highest BCUT2D eigenvalue weighted by Crippen LogP contribution is 2.36. The van der Waals surface area contributed by atoms with Gasteiger partial charge in [-0.25, -0.2) is 4.98 Å². The molecule has 1 saturated carbocycles. The fraction of sp³-hybridized carbons (Fsp3) is 0.348. The van der Waals surface area contributed by atoms with Gasteiger partial charge in [0.25, 0.3) is 0 Å². The van der Waals surface area contributed by atoms with E-state index in [1.54, 1.807) is 12.4 Å². The van der Waals surface area contributed by atoms with Gasteiger partial charge in [0.2, 0.25) is 5.88 Å². The Balaban J connectivity index is 1.32. The molecule has 6 rings (SSSR count). The van der Waals surface area contributed by atoms with E-state index >= 15 is 0 Å². The minimum atomic E-state index is 0.154. The smallest absolute Gasteiger partial charge is 0.233 e. The summed E-state index contributed by atoms with van der Waals surface area (Å²) in [5.41, 5.74) is 5.22. The summed E-state index contributed by atoms with van der Waals surface area (Å²) in [7, 11) is 0. The van der Waals surface area contributed by atoms with E-state index < -0.39 is 0 Å². The summed E-state index contributed by atoms with van der Waals surface area (Å²) in [6.07, 6.45) is 14.4. The standard InChI is InChI=1S/C23H24N6O/c1-2-18(10-24-7-1)30-23-13-25-12-22(28-23)20-11-26-21-6-3-15(8-19(20)21)16-9-27-29(14-16)17-4-5-17/h3,6,8-9,11-14,17-18,24,26H,1-2,4-5,7,10H2. The van der Waals surface area contributed by atoms with Crippen molar-refractivity contribution in [3.63, 3.8) is 0 Å². The van der Waals surface area contributed by atoms with E-state index in [2.05, 4.69) is 49.5 Å². The maximum absolute atomic E-state index is 6.07. The zero-order valence-corrected chi connectivity index (χ0v) is 16.7. The van der Waals surface area contributed by atoms with Gasteiger partial charge in [-0.3, -0.25) is 9.67 Å². The molecule has 3 aromatic heterocycles. The first-order valence-electron chi connectivity index (χ1n) is 10.7. The first kappa shape index (κ1) is 17.7.